The summed E-state index contributed by atoms with van der Waals surface area (Å²) in [6.07, 6.45) is 2.00. The molecule has 0 amide bonds. The van der Waals surface area contributed by atoms with Gasteiger partial charge in [-0.3, -0.25) is 10.1 Å². The highest BCUT2D eigenvalue weighted by atomic mass is 16.6. The van der Waals surface area contributed by atoms with Crippen molar-refractivity contribution < 1.29 is 4.92 Å². The zero-order valence-electron chi connectivity index (χ0n) is 8.67. The molecule has 0 bridgehead atoms. The van der Waals surface area contributed by atoms with Crippen LogP contribution < -0.4 is 10.6 Å². The average molecular weight is 211 g/mol. The maximum absolute atomic E-state index is 10.7. The number of aromatic nitrogens is 2. The molecule has 82 valence electrons. The number of nitrogen functional groups attached to an aromatic ring is 1. The lowest BCUT2D eigenvalue weighted by atomic mass is 10.4. The molecule has 15 heavy (non-hydrogen) atoms. The Kier molecular flexibility index (Phi) is 3.37. The van der Waals surface area contributed by atoms with Crippen LogP contribution in [0.2, 0.25) is 0 Å². The molecule has 0 fully saturated rings. The first-order valence-corrected chi connectivity index (χ1v) is 4.54. The molecule has 0 radical (unpaired) electrons. The van der Waals surface area contributed by atoms with Crippen LogP contribution in [0.15, 0.2) is 6.20 Å². The first kappa shape index (κ1) is 11.2. The fourth-order valence-corrected chi connectivity index (χ4v) is 1.23. The zero-order valence-corrected chi connectivity index (χ0v) is 8.67. The molecule has 0 aliphatic heterocycles. The van der Waals surface area contributed by atoms with Crippen LogP contribution in [-0.2, 0) is 0 Å². The van der Waals surface area contributed by atoms with Crippen LogP contribution in [0.3, 0.4) is 0 Å². The molecule has 0 aliphatic rings. The van der Waals surface area contributed by atoms with Crippen molar-refractivity contribution in [2.75, 3.05) is 24.2 Å². The van der Waals surface area contributed by atoms with Gasteiger partial charge in [0.05, 0.1) is 4.92 Å². The fourth-order valence-electron chi connectivity index (χ4n) is 1.23. The maximum Gasteiger partial charge on any atom is 0.329 e. The van der Waals surface area contributed by atoms with Crippen LogP contribution >= 0.6 is 0 Å². The number of anilines is 2. The minimum absolute atomic E-state index is 0.0403. The minimum Gasteiger partial charge on any atom is -0.368 e. The normalized spacial score (nSPS) is 10.0. The zero-order chi connectivity index (χ0) is 11.4. The van der Waals surface area contributed by atoms with E-state index in [1.54, 1.807) is 11.9 Å². The van der Waals surface area contributed by atoms with Crippen LogP contribution in [0.25, 0.3) is 0 Å². The smallest absolute Gasteiger partial charge is 0.329 e. The number of nitrogens with two attached hydrogens (primary N) is 1. The largest absolute Gasteiger partial charge is 0.368 e. The van der Waals surface area contributed by atoms with Crippen molar-refractivity contribution in [3.8, 4) is 0 Å². The fraction of sp³-hybridized carbons (Fsp3) is 0.500. The van der Waals surface area contributed by atoms with Gasteiger partial charge >= 0.3 is 5.69 Å². The van der Waals surface area contributed by atoms with Gasteiger partial charge in [-0.15, -0.1) is 0 Å². The lowest BCUT2D eigenvalue weighted by Crippen LogP contribution is -2.21. The number of rotatable bonds is 4. The van der Waals surface area contributed by atoms with Crippen molar-refractivity contribution in [2.24, 2.45) is 0 Å². The summed E-state index contributed by atoms with van der Waals surface area (Å²) in [6, 6.07) is 0. The van der Waals surface area contributed by atoms with E-state index in [1.165, 1.54) is 0 Å². The minimum atomic E-state index is -0.513. The number of hydrogen-bond donors (Lipinski definition) is 1. The third-order valence-corrected chi connectivity index (χ3v) is 1.89. The van der Waals surface area contributed by atoms with Crippen molar-refractivity contribution in [1.29, 1.82) is 0 Å². The van der Waals surface area contributed by atoms with E-state index in [0.29, 0.717) is 6.54 Å². The van der Waals surface area contributed by atoms with E-state index >= 15 is 0 Å². The lowest BCUT2D eigenvalue weighted by molar-refractivity contribution is -0.384. The summed E-state index contributed by atoms with van der Waals surface area (Å²) < 4.78 is 0. The predicted molar refractivity (Wildman–Crippen MR) is 56.7 cm³/mol. The molecule has 0 saturated heterocycles. The quantitative estimate of drug-likeness (QED) is 0.584. The standard InChI is InChI=1S/C8H13N5O2/c1-3-4-12(2)7-6(13(14)15)5-10-8(9)11-7/h5H,3-4H2,1-2H3,(H2,9,10,11). The summed E-state index contributed by atoms with van der Waals surface area (Å²) in [7, 11) is 1.73. The van der Waals surface area contributed by atoms with Gasteiger partial charge in [0.1, 0.15) is 6.20 Å². The topological polar surface area (TPSA) is 98.2 Å². The summed E-state index contributed by atoms with van der Waals surface area (Å²) in [5.74, 6) is 0.299. The Labute approximate surface area is 87.1 Å². The molecule has 7 heteroatoms. The van der Waals surface area contributed by atoms with Crippen LogP contribution in [0.5, 0.6) is 0 Å². The second-order valence-corrected chi connectivity index (χ2v) is 3.12. The second-order valence-electron chi connectivity index (χ2n) is 3.12. The van der Waals surface area contributed by atoms with Gasteiger partial charge < -0.3 is 10.6 Å². The molecule has 7 nitrogen and oxygen atoms in total. The van der Waals surface area contributed by atoms with E-state index in [0.717, 1.165) is 12.6 Å². The molecular formula is C8H13N5O2. The van der Waals surface area contributed by atoms with Crippen molar-refractivity contribution in [3.63, 3.8) is 0 Å². The van der Waals surface area contributed by atoms with Gasteiger partial charge in [-0.1, -0.05) is 6.92 Å². The molecule has 0 atom stereocenters. The summed E-state index contributed by atoms with van der Waals surface area (Å²) in [5, 5.41) is 10.7. The summed E-state index contributed by atoms with van der Waals surface area (Å²) >= 11 is 0. The highest BCUT2D eigenvalue weighted by Crippen LogP contribution is 2.24. The molecule has 0 spiro atoms. The summed E-state index contributed by atoms with van der Waals surface area (Å²) in [6.45, 7) is 2.66. The van der Waals surface area contributed by atoms with E-state index in [4.69, 9.17) is 5.73 Å². The number of nitro groups is 1. The van der Waals surface area contributed by atoms with E-state index < -0.39 is 4.92 Å². The molecule has 0 aromatic carbocycles. The van der Waals surface area contributed by atoms with Gasteiger partial charge in [0, 0.05) is 13.6 Å². The highest BCUT2D eigenvalue weighted by Gasteiger charge is 2.19. The lowest BCUT2D eigenvalue weighted by Gasteiger charge is -2.16. The summed E-state index contributed by atoms with van der Waals surface area (Å²) in [4.78, 5) is 19.3. The Balaban J connectivity index is 3.12. The van der Waals surface area contributed by atoms with Gasteiger partial charge in [-0.25, -0.2) is 4.98 Å². The molecule has 0 aliphatic carbocycles. The maximum atomic E-state index is 10.7. The second kappa shape index (κ2) is 4.54. The van der Waals surface area contributed by atoms with Gasteiger partial charge in [0.15, 0.2) is 0 Å². The molecular weight excluding hydrogens is 198 g/mol. The third kappa shape index (κ3) is 2.52. The molecule has 2 N–H and O–H groups in total. The predicted octanol–water partition coefficient (Wildman–Crippen LogP) is 0.813. The monoisotopic (exact) mass is 211 g/mol. The molecule has 1 aromatic heterocycles. The third-order valence-electron chi connectivity index (χ3n) is 1.89. The van der Waals surface area contributed by atoms with E-state index in [2.05, 4.69) is 9.97 Å². The number of nitrogens with zero attached hydrogens (tertiary/aromatic N) is 4. The Morgan fingerprint density at radius 3 is 2.87 bits per heavy atom. The Morgan fingerprint density at radius 2 is 2.33 bits per heavy atom. The molecule has 1 aromatic rings. The first-order valence-electron chi connectivity index (χ1n) is 4.54. The van der Waals surface area contributed by atoms with E-state index in [1.807, 2.05) is 6.92 Å². The van der Waals surface area contributed by atoms with Gasteiger partial charge in [-0.05, 0) is 6.42 Å². The summed E-state index contributed by atoms with van der Waals surface area (Å²) in [5.41, 5.74) is 5.27. The van der Waals surface area contributed by atoms with Crippen LogP contribution in [0, 0.1) is 10.1 Å². The van der Waals surface area contributed by atoms with Crippen molar-refractivity contribution in [2.45, 2.75) is 13.3 Å². The van der Waals surface area contributed by atoms with Gasteiger partial charge in [0.2, 0.25) is 11.8 Å². The Morgan fingerprint density at radius 1 is 1.67 bits per heavy atom. The highest BCUT2D eigenvalue weighted by molar-refractivity contribution is 5.57. The number of hydrogen-bond acceptors (Lipinski definition) is 6. The van der Waals surface area contributed by atoms with Gasteiger partial charge in [-0.2, -0.15) is 4.98 Å². The SMILES string of the molecule is CCCN(C)c1nc(N)ncc1[N+](=O)[O-]. The molecule has 1 heterocycles. The average Bonchev–Trinajstić information content (AvgIpc) is 2.17. The van der Waals surface area contributed by atoms with Crippen LogP contribution in [-0.4, -0.2) is 28.5 Å². The Bertz CT molecular complexity index is 368. The van der Waals surface area contributed by atoms with Crippen molar-refractivity contribution in [1.82, 2.24) is 9.97 Å². The molecule has 1 rings (SSSR count). The first-order chi connectivity index (χ1) is 7.06. The van der Waals surface area contributed by atoms with E-state index in [9.17, 15) is 10.1 Å². The van der Waals surface area contributed by atoms with Gasteiger partial charge in [0.25, 0.3) is 0 Å². The van der Waals surface area contributed by atoms with Crippen molar-refractivity contribution in [3.05, 3.63) is 16.3 Å². The van der Waals surface area contributed by atoms with Crippen molar-refractivity contribution >= 4 is 17.5 Å². The molecule has 0 saturated carbocycles. The van der Waals surface area contributed by atoms with Crippen LogP contribution in [0.4, 0.5) is 17.5 Å². The van der Waals surface area contributed by atoms with E-state index in [-0.39, 0.29) is 17.5 Å². The molecule has 0 unspecified atom stereocenters. The van der Waals surface area contributed by atoms with Crippen LogP contribution in [0.1, 0.15) is 13.3 Å². The Hall–Kier alpha value is -1.92.